The molecule has 0 radical (unpaired) electrons. The zero-order chi connectivity index (χ0) is 19.0. The highest BCUT2D eigenvalue weighted by Crippen LogP contribution is 2.30. The Hall–Kier alpha value is -1.62. The second kappa shape index (κ2) is 7.42. The smallest absolute Gasteiger partial charge is 0.246 e. The quantitative estimate of drug-likeness (QED) is 0.741. The molecule has 2 aromatic rings. The van der Waals surface area contributed by atoms with Gasteiger partial charge in [-0.05, 0) is 31.9 Å². The number of rotatable bonds is 4. The fourth-order valence-corrected chi connectivity index (χ4v) is 6.40. The van der Waals surface area contributed by atoms with E-state index in [1.54, 1.807) is 18.2 Å². The molecule has 1 N–H and O–H groups in total. The summed E-state index contributed by atoms with van der Waals surface area (Å²) < 4.78 is 36.3. The Morgan fingerprint density at radius 1 is 1.26 bits per heavy atom. The summed E-state index contributed by atoms with van der Waals surface area (Å²) in [6.45, 7) is 6.80. The maximum atomic E-state index is 13.3. The Balaban J connectivity index is 1.59. The molecule has 27 heavy (non-hydrogen) atoms. The van der Waals surface area contributed by atoms with Crippen molar-refractivity contribution < 1.29 is 18.1 Å². The largest absolute Gasteiger partial charge is 0.332 e. The Morgan fingerprint density at radius 2 is 2.04 bits per heavy atom. The van der Waals surface area contributed by atoms with Crippen LogP contribution in [0.2, 0.25) is 0 Å². The number of carbonyl (C=O) groups excluding carboxylic acids is 1. The molecule has 146 valence electrons. The summed E-state index contributed by atoms with van der Waals surface area (Å²) in [7, 11) is -3.80. The maximum absolute atomic E-state index is 13.3. The lowest BCUT2D eigenvalue weighted by atomic mass is 10.2. The first-order valence-corrected chi connectivity index (χ1v) is 11.5. The van der Waals surface area contributed by atoms with Gasteiger partial charge in [0.1, 0.15) is 22.0 Å². The molecule has 2 fully saturated rings. The van der Waals surface area contributed by atoms with Crippen molar-refractivity contribution in [3.63, 3.8) is 0 Å². The molecule has 2 aliphatic rings. The monoisotopic (exact) mass is 410 g/mol. The Kier molecular flexibility index (Phi) is 5.15. The minimum absolute atomic E-state index is 0.0604. The van der Waals surface area contributed by atoms with E-state index in [4.69, 9.17) is 0 Å². The number of quaternary nitrogens is 1. The highest BCUT2D eigenvalue weighted by molar-refractivity contribution is 7.89. The van der Waals surface area contributed by atoms with Gasteiger partial charge < -0.3 is 9.80 Å². The highest BCUT2D eigenvalue weighted by atomic mass is 32.2. The first kappa shape index (κ1) is 18.7. The van der Waals surface area contributed by atoms with Crippen molar-refractivity contribution in [1.82, 2.24) is 18.0 Å². The van der Waals surface area contributed by atoms with Crippen LogP contribution in [0.5, 0.6) is 0 Å². The molecular formula is C17H24N5O3S2+. The average molecular weight is 411 g/mol. The molecule has 0 unspecified atom stereocenters. The molecule has 1 atom stereocenters. The lowest BCUT2D eigenvalue weighted by Gasteiger charge is -2.34. The topological polar surface area (TPSA) is 87.9 Å². The van der Waals surface area contributed by atoms with Crippen LogP contribution in [0.15, 0.2) is 23.1 Å². The summed E-state index contributed by atoms with van der Waals surface area (Å²) in [5.74, 6) is -0.0604. The Morgan fingerprint density at radius 3 is 2.78 bits per heavy atom. The second-order valence-electron chi connectivity index (χ2n) is 7.09. The maximum Gasteiger partial charge on any atom is 0.246 e. The number of carbonyl (C=O) groups is 1. The van der Waals surface area contributed by atoms with Crippen LogP contribution in [0.1, 0.15) is 19.8 Å². The normalized spacial score (nSPS) is 22.6. The number of nitrogens with one attached hydrogen (secondary N) is 1. The number of aromatic nitrogens is 2. The van der Waals surface area contributed by atoms with Crippen LogP contribution in [0, 0.1) is 0 Å². The van der Waals surface area contributed by atoms with Crippen molar-refractivity contribution in [3.05, 3.63) is 18.2 Å². The second-order valence-corrected chi connectivity index (χ2v) is 9.48. The van der Waals surface area contributed by atoms with Crippen molar-refractivity contribution in [1.29, 1.82) is 0 Å². The summed E-state index contributed by atoms with van der Waals surface area (Å²) in [6, 6.07) is 4.37. The van der Waals surface area contributed by atoms with Gasteiger partial charge in [0.05, 0.1) is 44.5 Å². The molecule has 4 rings (SSSR count). The van der Waals surface area contributed by atoms with Crippen LogP contribution in [-0.2, 0) is 14.8 Å². The standard InChI is InChI=1S/C17H23N5O3S2/c1-2-20-9-11-21(12-10-20)17(23)14-6-4-8-22(14)27(24,25)15-7-3-5-13-16(15)19-26-18-13/h3,5,7,14H,2,4,6,8-12H2,1H3/p+1/t14-/m1/s1. The highest BCUT2D eigenvalue weighted by Gasteiger charge is 2.42. The average Bonchev–Trinajstić information content (AvgIpc) is 3.36. The predicted molar refractivity (Wildman–Crippen MR) is 102 cm³/mol. The zero-order valence-electron chi connectivity index (χ0n) is 15.3. The third-order valence-electron chi connectivity index (χ3n) is 5.61. The van der Waals surface area contributed by atoms with E-state index in [1.165, 1.54) is 9.21 Å². The minimum Gasteiger partial charge on any atom is -0.332 e. The number of amides is 1. The van der Waals surface area contributed by atoms with Crippen LogP contribution in [0.4, 0.5) is 0 Å². The van der Waals surface area contributed by atoms with Gasteiger partial charge in [-0.2, -0.15) is 13.1 Å². The molecule has 2 saturated heterocycles. The van der Waals surface area contributed by atoms with Gasteiger partial charge in [-0.3, -0.25) is 4.79 Å². The van der Waals surface area contributed by atoms with Crippen molar-refractivity contribution in [2.24, 2.45) is 0 Å². The van der Waals surface area contributed by atoms with Gasteiger partial charge in [-0.15, -0.1) is 0 Å². The van der Waals surface area contributed by atoms with E-state index in [0.717, 1.165) is 31.4 Å². The van der Waals surface area contributed by atoms with E-state index in [-0.39, 0.29) is 10.8 Å². The summed E-state index contributed by atoms with van der Waals surface area (Å²) in [4.78, 5) is 16.5. The third kappa shape index (κ3) is 3.35. The van der Waals surface area contributed by atoms with Crippen molar-refractivity contribution in [3.8, 4) is 0 Å². The van der Waals surface area contributed by atoms with Crippen LogP contribution < -0.4 is 4.90 Å². The summed E-state index contributed by atoms with van der Waals surface area (Å²) in [5.41, 5.74) is 0.961. The fourth-order valence-electron chi connectivity index (χ4n) is 4.00. The molecule has 10 heteroatoms. The van der Waals surface area contributed by atoms with Crippen LogP contribution in [0.3, 0.4) is 0 Å². The van der Waals surface area contributed by atoms with Gasteiger partial charge in [0.2, 0.25) is 15.9 Å². The van der Waals surface area contributed by atoms with Crippen LogP contribution in [-0.4, -0.2) is 77.6 Å². The van der Waals surface area contributed by atoms with Gasteiger partial charge >= 0.3 is 0 Å². The lowest BCUT2D eigenvalue weighted by Crippen LogP contribution is -3.14. The molecule has 0 bridgehead atoms. The zero-order valence-corrected chi connectivity index (χ0v) is 16.9. The Bertz CT molecular complexity index is 937. The first-order valence-electron chi connectivity index (χ1n) is 9.38. The van der Waals surface area contributed by atoms with Gasteiger partial charge in [0.15, 0.2) is 0 Å². The van der Waals surface area contributed by atoms with Gasteiger partial charge in [-0.1, -0.05) is 6.07 Å². The van der Waals surface area contributed by atoms with Crippen molar-refractivity contribution in [2.75, 3.05) is 39.3 Å². The van der Waals surface area contributed by atoms with E-state index in [2.05, 4.69) is 15.7 Å². The molecule has 3 heterocycles. The number of hydrogen-bond acceptors (Lipinski definition) is 6. The molecule has 1 aromatic heterocycles. The molecule has 0 aliphatic carbocycles. The van der Waals surface area contributed by atoms with E-state index < -0.39 is 16.1 Å². The van der Waals surface area contributed by atoms with Crippen LogP contribution >= 0.6 is 11.7 Å². The summed E-state index contributed by atoms with van der Waals surface area (Å²) >= 11 is 0.997. The molecule has 1 aromatic carbocycles. The molecule has 0 saturated carbocycles. The molecular weight excluding hydrogens is 386 g/mol. The van der Waals surface area contributed by atoms with Crippen molar-refractivity contribution in [2.45, 2.75) is 30.7 Å². The minimum atomic E-state index is -3.80. The molecule has 1 amide bonds. The number of fused-ring (bicyclic) bond motifs is 1. The number of sulfonamides is 1. The van der Waals surface area contributed by atoms with Gasteiger partial charge in [-0.25, -0.2) is 8.42 Å². The molecule has 0 spiro atoms. The fraction of sp³-hybridized carbons (Fsp3) is 0.588. The molecule has 2 aliphatic heterocycles. The van der Waals surface area contributed by atoms with Crippen LogP contribution in [0.25, 0.3) is 11.0 Å². The molecule has 8 nitrogen and oxygen atoms in total. The SMILES string of the molecule is CC[NH+]1CCN(C(=O)[C@H]2CCCN2S(=O)(=O)c2cccc3nsnc23)CC1. The predicted octanol–water partition coefficient (Wildman–Crippen LogP) is -0.409. The third-order valence-corrected chi connectivity index (χ3v) is 8.09. The summed E-state index contributed by atoms with van der Waals surface area (Å²) in [6.07, 6.45) is 1.27. The number of piperazine rings is 1. The van der Waals surface area contributed by atoms with E-state index >= 15 is 0 Å². The number of benzene rings is 1. The van der Waals surface area contributed by atoms with Crippen molar-refractivity contribution >= 4 is 38.7 Å². The number of hydrogen-bond donors (Lipinski definition) is 1. The van der Waals surface area contributed by atoms with E-state index in [9.17, 15) is 13.2 Å². The number of nitrogens with zero attached hydrogens (tertiary/aromatic N) is 4. The van der Waals surface area contributed by atoms with E-state index in [1.807, 2.05) is 4.90 Å². The van der Waals surface area contributed by atoms with Gasteiger partial charge in [0, 0.05) is 6.54 Å². The summed E-state index contributed by atoms with van der Waals surface area (Å²) in [5, 5.41) is 0. The lowest BCUT2D eigenvalue weighted by molar-refractivity contribution is -0.902. The first-order chi connectivity index (χ1) is 13.0. The van der Waals surface area contributed by atoms with Gasteiger partial charge in [0.25, 0.3) is 0 Å². The number of likely N-dealkylation sites (N-methyl/N-ethyl adjacent to an activating group) is 1. The Labute approximate surface area is 163 Å². The van der Waals surface area contributed by atoms with E-state index in [0.29, 0.717) is 43.5 Å².